The Morgan fingerprint density at radius 1 is 1.50 bits per heavy atom. The van der Waals surface area contributed by atoms with Crippen LogP contribution in [-0.2, 0) is 9.09 Å². The second-order valence-corrected chi connectivity index (χ2v) is 5.82. The zero-order valence-electron chi connectivity index (χ0n) is 8.43. The van der Waals surface area contributed by atoms with Crippen LogP contribution >= 0.6 is 7.68 Å². The number of hydrogen-bond acceptors (Lipinski definition) is 2. The van der Waals surface area contributed by atoms with E-state index in [0.29, 0.717) is 6.42 Å². The molecule has 0 fully saturated rings. The molecule has 0 rings (SSSR count). The van der Waals surface area contributed by atoms with E-state index in [1.54, 1.807) is 0 Å². The molecule has 12 heavy (non-hydrogen) atoms. The first kappa shape index (κ1) is 12.1. The third kappa shape index (κ3) is 4.89. The summed E-state index contributed by atoms with van der Waals surface area (Å²) in [6.45, 7) is 8.72. The average Bonchev–Trinajstić information content (AvgIpc) is 1.78. The Morgan fingerprint density at radius 3 is 2.00 bits per heavy atom. The molecule has 2 unspecified atom stereocenters. The van der Waals surface area contributed by atoms with Crippen molar-refractivity contribution in [2.75, 3.05) is 6.66 Å². The minimum atomic E-state index is -3.83. The summed E-state index contributed by atoms with van der Waals surface area (Å²) in [6, 6.07) is 0. The SMILES string of the molecule is CCC(OP(C)(=O)F)C(C)(C)C. The highest BCUT2D eigenvalue weighted by atomic mass is 31.2. The Hall–Kier alpha value is 0.120. The summed E-state index contributed by atoms with van der Waals surface area (Å²) < 4.78 is 28.3. The molecule has 0 spiro atoms. The normalized spacial score (nSPS) is 20.2. The Bertz CT molecular complexity index is 180. The first-order valence-electron chi connectivity index (χ1n) is 4.12. The smallest absolute Gasteiger partial charge is 0.302 e. The molecule has 0 aromatic carbocycles. The fraction of sp³-hybridized carbons (Fsp3) is 1.00. The van der Waals surface area contributed by atoms with Gasteiger partial charge in [0.05, 0.1) is 6.10 Å². The van der Waals surface area contributed by atoms with Crippen molar-refractivity contribution in [1.29, 1.82) is 0 Å². The highest BCUT2D eigenvalue weighted by Crippen LogP contribution is 2.48. The van der Waals surface area contributed by atoms with E-state index in [1.165, 1.54) is 0 Å². The molecule has 0 aliphatic rings. The molecule has 0 aromatic heterocycles. The number of halogens is 1. The molecule has 74 valence electrons. The fourth-order valence-electron chi connectivity index (χ4n) is 1.07. The van der Waals surface area contributed by atoms with Crippen molar-refractivity contribution < 1.29 is 13.3 Å². The summed E-state index contributed by atoms with van der Waals surface area (Å²) in [7, 11) is -3.83. The third-order valence-corrected chi connectivity index (χ3v) is 2.28. The number of rotatable bonds is 3. The summed E-state index contributed by atoms with van der Waals surface area (Å²) in [5.41, 5.74) is -0.160. The fourth-order valence-corrected chi connectivity index (χ4v) is 1.99. The Balaban J connectivity index is 4.30. The topological polar surface area (TPSA) is 26.3 Å². The van der Waals surface area contributed by atoms with Crippen LogP contribution in [0.1, 0.15) is 34.1 Å². The minimum Gasteiger partial charge on any atom is -0.302 e. The zero-order valence-corrected chi connectivity index (χ0v) is 9.32. The van der Waals surface area contributed by atoms with E-state index in [4.69, 9.17) is 4.52 Å². The van der Waals surface area contributed by atoms with Crippen LogP contribution in [0, 0.1) is 5.41 Å². The van der Waals surface area contributed by atoms with E-state index < -0.39 is 7.68 Å². The van der Waals surface area contributed by atoms with Crippen molar-refractivity contribution in [3.63, 3.8) is 0 Å². The van der Waals surface area contributed by atoms with Gasteiger partial charge in [-0.2, -0.15) is 4.20 Å². The van der Waals surface area contributed by atoms with Gasteiger partial charge in [0, 0.05) is 6.66 Å². The van der Waals surface area contributed by atoms with Crippen LogP contribution in [-0.4, -0.2) is 12.8 Å². The van der Waals surface area contributed by atoms with Crippen LogP contribution in [0.3, 0.4) is 0 Å². The van der Waals surface area contributed by atoms with E-state index in [0.717, 1.165) is 6.66 Å². The number of hydrogen-bond donors (Lipinski definition) is 0. The lowest BCUT2D eigenvalue weighted by Gasteiger charge is -2.29. The van der Waals surface area contributed by atoms with Gasteiger partial charge in [-0.05, 0) is 11.8 Å². The molecular weight excluding hydrogens is 178 g/mol. The van der Waals surface area contributed by atoms with Crippen molar-refractivity contribution in [2.45, 2.75) is 40.2 Å². The summed E-state index contributed by atoms with van der Waals surface area (Å²) in [5.74, 6) is 0. The summed E-state index contributed by atoms with van der Waals surface area (Å²) in [6.07, 6.45) is 0.393. The van der Waals surface area contributed by atoms with Crippen LogP contribution < -0.4 is 0 Å². The zero-order chi connectivity index (χ0) is 9.99. The Morgan fingerprint density at radius 2 is 1.92 bits per heavy atom. The summed E-state index contributed by atoms with van der Waals surface area (Å²) in [4.78, 5) is 0. The van der Waals surface area contributed by atoms with Gasteiger partial charge in [0.2, 0.25) is 0 Å². The highest BCUT2D eigenvalue weighted by Gasteiger charge is 2.29. The Kier molecular flexibility index (Phi) is 3.92. The van der Waals surface area contributed by atoms with Crippen LogP contribution in [0.4, 0.5) is 4.20 Å². The van der Waals surface area contributed by atoms with Gasteiger partial charge in [0.1, 0.15) is 0 Å². The average molecular weight is 196 g/mol. The maximum absolute atomic E-state index is 12.7. The first-order valence-corrected chi connectivity index (χ1v) is 6.08. The maximum atomic E-state index is 12.7. The largest absolute Gasteiger partial charge is 0.364 e. The molecule has 0 aliphatic heterocycles. The molecule has 0 aliphatic carbocycles. The molecule has 0 saturated heterocycles. The van der Waals surface area contributed by atoms with Gasteiger partial charge in [0.25, 0.3) is 0 Å². The summed E-state index contributed by atoms with van der Waals surface area (Å²) in [5, 5.41) is 0. The molecule has 0 bridgehead atoms. The molecule has 0 aromatic rings. The molecule has 4 heteroatoms. The van der Waals surface area contributed by atoms with Gasteiger partial charge in [-0.3, -0.25) is 4.57 Å². The van der Waals surface area contributed by atoms with E-state index in [2.05, 4.69) is 0 Å². The molecule has 0 N–H and O–H groups in total. The Labute approximate surface area is 74.1 Å². The van der Waals surface area contributed by atoms with Crippen molar-refractivity contribution in [3.8, 4) is 0 Å². The molecule has 0 saturated carbocycles. The molecule has 2 nitrogen and oxygen atoms in total. The quantitative estimate of drug-likeness (QED) is 0.644. The van der Waals surface area contributed by atoms with Crippen molar-refractivity contribution in [1.82, 2.24) is 0 Å². The second-order valence-electron chi connectivity index (χ2n) is 4.12. The van der Waals surface area contributed by atoms with Gasteiger partial charge < -0.3 is 4.52 Å². The second kappa shape index (κ2) is 3.89. The van der Waals surface area contributed by atoms with E-state index in [9.17, 15) is 8.76 Å². The lowest BCUT2D eigenvalue weighted by molar-refractivity contribution is 0.0793. The molecule has 0 amide bonds. The molecule has 0 heterocycles. The first-order chi connectivity index (χ1) is 5.17. The predicted octanol–water partition coefficient (Wildman–Crippen LogP) is 3.62. The van der Waals surface area contributed by atoms with Crippen LogP contribution in [0.2, 0.25) is 0 Å². The summed E-state index contributed by atoms with van der Waals surface area (Å²) >= 11 is 0. The van der Waals surface area contributed by atoms with Gasteiger partial charge in [-0.15, -0.1) is 0 Å². The van der Waals surface area contributed by atoms with E-state index in [-0.39, 0.29) is 11.5 Å². The predicted molar refractivity (Wildman–Crippen MR) is 49.3 cm³/mol. The van der Waals surface area contributed by atoms with Gasteiger partial charge >= 0.3 is 7.68 Å². The molecule has 2 atom stereocenters. The lowest BCUT2D eigenvalue weighted by Crippen LogP contribution is -2.27. The minimum absolute atomic E-state index is 0.160. The van der Waals surface area contributed by atoms with Crippen molar-refractivity contribution in [2.24, 2.45) is 5.41 Å². The van der Waals surface area contributed by atoms with Crippen LogP contribution in [0.25, 0.3) is 0 Å². The van der Waals surface area contributed by atoms with Gasteiger partial charge in [-0.1, -0.05) is 27.7 Å². The van der Waals surface area contributed by atoms with E-state index in [1.807, 2.05) is 27.7 Å². The lowest BCUT2D eigenvalue weighted by atomic mass is 9.88. The van der Waals surface area contributed by atoms with Crippen molar-refractivity contribution >= 4 is 7.68 Å². The van der Waals surface area contributed by atoms with Crippen LogP contribution in [0.5, 0.6) is 0 Å². The van der Waals surface area contributed by atoms with Gasteiger partial charge in [0.15, 0.2) is 0 Å². The highest BCUT2D eigenvalue weighted by molar-refractivity contribution is 7.52. The molecule has 0 radical (unpaired) electrons. The monoisotopic (exact) mass is 196 g/mol. The maximum Gasteiger partial charge on any atom is 0.364 e. The van der Waals surface area contributed by atoms with Crippen molar-refractivity contribution in [3.05, 3.63) is 0 Å². The van der Waals surface area contributed by atoms with E-state index >= 15 is 0 Å². The third-order valence-electron chi connectivity index (χ3n) is 1.65. The molecular formula is C8H18FO2P. The standard InChI is InChI=1S/C8H18FO2P/c1-6-7(8(2,3)4)11-12(5,9)10/h7H,6H2,1-5H3. The van der Waals surface area contributed by atoms with Crippen LogP contribution in [0.15, 0.2) is 0 Å². The van der Waals surface area contributed by atoms with Gasteiger partial charge in [-0.25, -0.2) is 0 Å².